The highest BCUT2D eigenvalue weighted by Gasteiger charge is 2.22. The van der Waals surface area contributed by atoms with E-state index in [0.717, 1.165) is 43.6 Å². The molecule has 1 fully saturated rings. The summed E-state index contributed by atoms with van der Waals surface area (Å²) in [5, 5.41) is 5.18. The second kappa shape index (κ2) is 10.1. The first-order valence-electron chi connectivity index (χ1n) is 10.1. The van der Waals surface area contributed by atoms with Gasteiger partial charge < -0.3 is 25.4 Å². The number of nitrogen functional groups attached to an aromatic ring is 1. The zero-order valence-corrected chi connectivity index (χ0v) is 17.7. The average molecular weight is 415 g/mol. The highest BCUT2D eigenvalue weighted by Crippen LogP contribution is 2.37. The monoisotopic (exact) mass is 415 g/mol. The van der Waals surface area contributed by atoms with Crippen molar-refractivity contribution in [2.45, 2.75) is 26.2 Å². The summed E-state index contributed by atoms with van der Waals surface area (Å²) in [6.45, 7) is 3.99. The molecule has 1 aliphatic heterocycles. The molecule has 0 saturated carbocycles. The van der Waals surface area contributed by atoms with Gasteiger partial charge in [0.25, 0.3) is 0 Å². The third-order valence-electron chi connectivity index (χ3n) is 5.20. The van der Waals surface area contributed by atoms with E-state index in [2.05, 4.69) is 15.3 Å². The molecule has 2 heterocycles. The van der Waals surface area contributed by atoms with Gasteiger partial charge in [0.2, 0.25) is 0 Å². The van der Waals surface area contributed by atoms with Crippen LogP contribution < -0.4 is 20.5 Å². The number of piperidine rings is 1. The Hall–Kier alpha value is -3.07. The molecule has 3 N–H and O–H groups in total. The van der Waals surface area contributed by atoms with Gasteiger partial charge >= 0.3 is 5.97 Å². The molecule has 0 radical (unpaired) electrons. The molecule has 9 heteroatoms. The van der Waals surface area contributed by atoms with Gasteiger partial charge in [-0.2, -0.15) is 0 Å². The van der Waals surface area contributed by atoms with Crippen LogP contribution in [0.25, 0.3) is 11.1 Å². The van der Waals surface area contributed by atoms with Crippen LogP contribution in [0.1, 0.15) is 26.2 Å². The van der Waals surface area contributed by atoms with E-state index < -0.39 is 0 Å². The summed E-state index contributed by atoms with van der Waals surface area (Å²) in [6, 6.07) is 5.60. The highest BCUT2D eigenvalue weighted by atomic mass is 16.7. The van der Waals surface area contributed by atoms with Gasteiger partial charge in [0.05, 0.1) is 19.8 Å². The molecule has 9 nitrogen and oxygen atoms in total. The molecule has 2 aromatic rings. The molecule has 0 bridgehead atoms. The molecule has 1 aliphatic rings. The van der Waals surface area contributed by atoms with E-state index in [4.69, 9.17) is 20.0 Å². The van der Waals surface area contributed by atoms with Crippen molar-refractivity contribution in [2.75, 3.05) is 44.9 Å². The number of benzene rings is 1. The maximum atomic E-state index is 11.4. The van der Waals surface area contributed by atoms with E-state index in [0.29, 0.717) is 35.5 Å². The Bertz CT molecular complexity index is 868. The van der Waals surface area contributed by atoms with Gasteiger partial charge in [0.15, 0.2) is 11.5 Å². The Morgan fingerprint density at radius 1 is 1.20 bits per heavy atom. The number of nitrogens with zero attached hydrogens (tertiary/aromatic N) is 3. The van der Waals surface area contributed by atoms with Crippen LogP contribution in [0.5, 0.6) is 11.5 Å². The van der Waals surface area contributed by atoms with Gasteiger partial charge in [0.1, 0.15) is 18.0 Å². The molecule has 1 aromatic heterocycles. The van der Waals surface area contributed by atoms with Crippen LogP contribution in [0.4, 0.5) is 11.6 Å². The van der Waals surface area contributed by atoms with Crippen molar-refractivity contribution in [2.24, 2.45) is 5.92 Å². The van der Waals surface area contributed by atoms with Gasteiger partial charge in [-0.15, -0.1) is 5.06 Å². The van der Waals surface area contributed by atoms with E-state index in [9.17, 15) is 4.79 Å². The minimum absolute atomic E-state index is 0.192. The summed E-state index contributed by atoms with van der Waals surface area (Å²) in [5.74, 6) is 2.56. The summed E-state index contributed by atoms with van der Waals surface area (Å²) >= 11 is 0. The van der Waals surface area contributed by atoms with E-state index in [1.165, 1.54) is 6.33 Å². The molecule has 1 saturated heterocycles. The van der Waals surface area contributed by atoms with Crippen LogP contribution in [-0.4, -0.2) is 54.9 Å². The molecule has 1 aromatic carbocycles. The fourth-order valence-electron chi connectivity index (χ4n) is 3.46. The molecule has 3 rings (SSSR count). The first-order valence-corrected chi connectivity index (χ1v) is 10.1. The Morgan fingerprint density at radius 2 is 1.93 bits per heavy atom. The van der Waals surface area contributed by atoms with Crippen LogP contribution in [0.15, 0.2) is 24.5 Å². The van der Waals surface area contributed by atoms with Crippen molar-refractivity contribution in [3.63, 3.8) is 0 Å². The highest BCUT2D eigenvalue weighted by molar-refractivity contribution is 5.84. The van der Waals surface area contributed by atoms with Gasteiger partial charge in [0, 0.05) is 26.1 Å². The lowest BCUT2D eigenvalue weighted by Crippen LogP contribution is -2.37. The smallest absolute Gasteiger partial charge is 0.324 e. The van der Waals surface area contributed by atoms with E-state index in [1.54, 1.807) is 26.2 Å². The number of anilines is 2. The number of hydrogen-bond acceptors (Lipinski definition) is 9. The van der Waals surface area contributed by atoms with Gasteiger partial charge in [-0.3, -0.25) is 4.79 Å². The summed E-state index contributed by atoms with van der Waals surface area (Å²) in [7, 11) is 3.19. The molecule has 0 atom stereocenters. The number of carbonyl (C=O) groups is 1. The summed E-state index contributed by atoms with van der Waals surface area (Å²) < 4.78 is 10.7. The maximum Gasteiger partial charge on any atom is 0.324 e. The summed E-state index contributed by atoms with van der Waals surface area (Å²) in [4.78, 5) is 25.3. The van der Waals surface area contributed by atoms with Crippen molar-refractivity contribution in [3.05, 3.63) is 24.5 Å². The molecule has 30 heavy (non-hydrogen) atoms. The van der Waals surface area contributed by atoms with E-state index in [-0.39, 0.29) is 5.97 Å². The van der Waals surface area contributed by atoms with Crippen molar-refractivity contribution in [1.82, 2.24) is 15.0 Å². The number of ether oxygens (including phenoxy) is 2. The standard InChI is InChI=1S/C21H29N5O4/c1-4-18(27)30-26-9-7-14(8-10-26)12-23-21-19(20(22)24-13-25-21)15-5-6-16(28-2)17(11-15)29-3/h5-6,11,13-14H,4,7-10,12H2,1-3H3,(H3,22,23,24,25). The minimum atomic E-state index is -0.192. The van der Waals surface area contributed by atoms with Crippen molar-refractivity contribution >= 4 is 17.6 Å². The minimum Gasteiger partial charge on any atom is -0.493 e. The predicted molar refractivity (Wildman–Crippen MR) is 114 cm³/mol. The SMILES string of the molecule is CCC(=O)ON1CCC(CNc2ncnc(N)c2-c2ccc(OC)c(OC)c2)CC1. The second-order valence-corrected chi connectivity index (χ2v) is 7.12. The fourth-order valence-corrected chi connectivity index (χ4v) is 3.46. The zero-order chi connectivity index (χ0) is 21.5. The first kappa shape index (κ1) is 21.6. The van der Waals surface area contributed by atoms with Crippen LogP contribution in [0, 0.1) is 5.92 Å². The predicted octanol–water partition coefficient (Wildman–Crippen LogP) is 2.74. The van der Waals surface area contributed by atoms with Crippen LogP contribution in [0.2, 0.25) is 0 Å². The number of nitrogens with one attached hydrogen (secondary N) is 1. The topological polar surface area (TPSA) is 112 Å². The van der Waals surface area contributed by atoms with E-state index in [1.807, 2.05) is 18.2 Å². The number of nitrogens with two attached hydrogens (primary N) is 1. The van der Waals surface area contributed by atoms with Gasteiger partial charge in [-0.25, -0.2) is 9.97 Å². The molecule has 162 valence electrons. The number of hydroxylamine groups is 2. The molecular weight excluding hydrogens is 386 g/mol. The number of aromatic nitrogens is 2. The maximum absolute atomic E-state index is 11.4. The largest absolute Gasteiger partial charge is 0.493 e. The quantitative estimate of drug-likeness (QED) is 0.672. The number of rotatable bonds is 8. The van der Waals surface area contributed by atoms with Gasteiger partial charge in [-0.1, -0.05) is 13.0 Å². The molecule has 0 unspecified atom stereocenters. The Kier molecular flexibility index (Phi) is 7.29. The average Bonchev–Trinajstić information content (AvgIpc) is 2.78. The molecule has 0 aliphatic carbocycles. The lowest BCUT2D eigenvalue weighted by molar-refractivity contribution is -0.196. The Morgan fingerprint density at radius 3 is 2.60 bits per heavy atom. The van der Waals surface area contributed by atoms with E-state index >= 15 is 0 Å². The lowest BCUT2D eigenvalue weighted by atomic mass is 9.97. The molecule has 0 spiro atoms. The number of methoxy groups -OCH3 is 2. The third-order valence-corrected chi connectivity index (χ3v) is 5.20. The van der Waals surface area contributed by atoms with Gasteiger partial charge in [-0.05, 0) is 36.5 Å². The summed E-state index contributed by atoms with van der Waals surface area (Å²) in [5.41, 5.74) is 7.76. The molecule has 0 amide bonds. The van der Waals surface area contributed by atoms with Crippen LogP contribution >= 0.6 is 0 Å². The normalized spacial score (nSPS) is 14.9. The summed E-state index contributed by atoms with van der Waals surface area (Å²) in [6.07, 6.45) is 3.69. The number of hydrogen-bond donors (Lipinski definition) is 2. The number of carbonyl (C=O) groups excluding carboxylic acids is 1. The Balaban J connectivity index is 1.69. The molecular formula is C21H29N5O4. The zero-order valence-electron chi connectivity index (χ0n) is 17.7. The second-order valence-electron chi connectivity index (χ2n) is 7.12. The Labute approximate surface area is 176 Å². The van der Waals surface area contributed by atoms with Crippen molar-refractivity contribution in [1.29, 1.82) is 0 Å². The third kappa shape index (κ3) is 5.10. The lowest BCUT2D eigenvalue weighted by Gasteiger charge is -2.30. The van der Waals surface area contributed by atoms with Crippen LogP contribution in [0.3, 0.4) is 0 Å². The van der Waals surface area contributed by atoms with Crippen molar-refractivity contribution < 1.29 is 19.1 Å². The van der Waals surface area contributed by atoms with Crippen LogP contribution in [-0.2, 0) is 9.63 Å². The first-order chi connectivity index (χ1) is 14.5. The van der Waals surface area contributed by atoms with Crippen molar-refractivity contribution in [3.8, 4) is 22.6 Å². The fraction of sp³-hybridized carbons (Fsp3) is 0.476.